The summed E-state index contributed by atoms with van der Waals surface area (Å²) in [5.74, 6) is -0.112. The molecule has 1 saturated carbocycles. The van der Waals surface area contributed by atoms with Crippen LogP contribution in [0.1, 0.15) is 36.5 Å². The van der Waals surface area contributed by atoms with E-state index in [2.05, 4.69) is 24.3 Å². The van der Waals surface area contributed by atoms with Gasteiger partial charge >= 0.3 is 0 Å². The third kappa shape index (κ3) is 1.95. The van der Waals surface area contributed by atoms with E-state index in [1.807, 2.05) is 14.0 Å². The lowest BCUT2D eigenvalue weighted by Gasteiger charge is -2.50. The largest absolute Gasteiger partial charge is 0.347 e. The van der Waals surface area contributed by atoms with Gasteiger partial charge in [-0.15, -0.1) is 0 Å². The van der Waals surface area contributed by atoms with E-state index in [-0.39, 0.29) is 23.4 Å². The smallest absolute Gasteiger partial charge is 0.272 e. The molecule has 1 heterocycles. The van der Waals surface area contributed by atoms with Crippen molar-refractivity contribution in [2.75, 3.05) is 0 Å². The van der Waals surface area contributed by atoms with Gasteiger partial charge in [0.1, 0.15) is 5.69 Å². The molecular weight excluding hydrogens is 216 g/mol. The van der Waals surface area contributed by atoms with Crippen LogP contribution in [0.5, 0.6) is 0 Å². The van der Waals surface area contributed by atoms with Crippen molar-refractivity contribution >= 4 is 5.91 Å². The summed E-state index contributed by atoms with van der Waals surface area (Å²) in [4.78, 5) is 12.0. The first kappa shape index (κ1) is 12.1. The Kier molecular flexibility index (Phi) is 2.73. The first-order valence-electron chi connectivity index (χ1n) is 5.89. The van der Waals surface area contributed by atoms with Crippen LogP contribution in [0.4, 0.5) is 0 Å². The van der Waals surface area contributed by atoms with Gasteiger partial charge in [-0.2, -0.15) is 5.10 Å². The molecular formula is C12H20N4O. The maximum atomic E-state index is 12.0. The Hall–Kier alpha value is -1.36. The van der Waals surface area contributed by atoms with Crippen molar-refractivity contribution in [3.8, 4) is 0 Å². The van der Waals surface area contributed by atoms with Crippen molar-refractivity contribution in [3.63, 3.8) is 0 Å². The van der Waals surface area contributed by atoms with E-state index in [9.17, 15) is 4.79 Å². The fraction of sp³-hybridized carbons (Fsp3) is 0.667. The molecule has 94 valence electrons. The minimum atomic E-state index is -0.112. The van der Waals surface area contributed by atoms with Crippen molar-refractivity contribution in [2.24, 2.45) is 18.2 Å². The highest BCUT2D eigenvalue weighted by molar-refractivity contribution is 5.92. The van der Waals surface area contributed by atoms with Crippen molar-refractivity contribution in [1.82, 2.24) is 15.1 Å². The van der Waals surface area contributed by atoms with Gasteiger partial charge in [0.25, 0.3) is 5.91 Å². The van der Waals surface area contributed by atoms with Gasteiger partial charge in [0.2, 0.25) is 0 Å². The van der Waals surface area contributed by atoms with Crippen LogP contribution in [-0.4, -0.2) is 27.8 Å². The Morgan fingerprint density at radius 1 is 1.65 bits per heavy atom. The standard InChI is InChI=1S/C12H20N4O/c1-7-5-8(15-16(7)4)11(17)14-10-6-9(13)12(10,2)3/h5,9-10H,6,13H2,1-4H3,(H,14,17). The third-order valence-corrected chi connectivity index (χ3v) is 4.00. The molecule has 1 fully saturated rings. The zero-order valence-corrected chi connectivity index (χ0v) is 10.8. The number of carbonyl (C=O) groups is 1. The number of nitrogens with one attached hydrogen (secondary N) is 1. The number of hydrogen-bond acceptors (Lipinski definition) is 3. The maximum absolute atomic E-state index is 12.0. The van der Waals surface area contributed by atoms with Crippen LogP contribution < -0.4 is 11.1 Å². The molecule has 3 N–H and O–H groups in total. The monoisotopic (exact) mass is 236 g/mol. The maximum Gasteiger partial charge on any atom is 0.272 e. The fourth-order valence-corrected chi connectivity index (χ4v) is 2.11. The summed E-state index contributed by atoms with van der Waals surface area (Å²) >= 11 is 0. The lowest BCUT2D eigenvalue weighted by atomic mass is 9.63. The van der Waals surface area contributed by atoms with Crippen molar-refractivity contribution in [1.29, 1.82) is 0 Å². The SMILES string of the molecule is Cc1cc(C(=O)NC2CC(N)C2(C)C)nn1C. The van der Waals surface area contributed by atoms with Gasteiger partial charge in [0, 0.05) is 30.2 Å². The summed E-state index contributed by atoms with van der Waals surface area (Å²) in [6.45, 7) is 6.08. The van der Waals surface area contributed by atoms with Gasteiger partial charge in [-0.1, -0.05) is 13.8 Å². The first-order valence-corrected chi connectivity index (χ1v) is 5.89. The Balaban J connectivity index is 2.03. The van der Waals surface area contributed by atoms with Crippen LogP contribution in [0.25, 0.3) is 0 Å². The number of amides is 1. The quantitative estimate of drug-likeness (QED) is 0.789. The summed E-state index contributed by atoms with van der Waals surface area (Å²) in [6.07, 6.45) is 0.838. The second kappa shape index (κ2) is 3.84. The van der Waals surface area contributed by atoms with Gasteiger partial charge in [-0.25, -0.2) is 0 Å². The Labute approximate surface area is 101 Å². The molecule has 2 rings (SSSR count). The highest BCUT2D eigenvalue weighted by atomic mass is 16.2. The molecule has 0 radical (unpaired) electrons. The van der Waals surface area contributed by atoms with E-state index >= 15 is 0 Å². The molecule has 0 saturated heterocycles. The number of carbonyl (C=O) groups excluding carboxylic acids is 1. The van der Waals surface area contributed by atoms with Crippen LogP contribution in [-0.2, 0) is 7.05 Å². The van der Waals surface area contributed by atoms with Crippen LogP contribution in [0, 0.1) is 12.3 Å². The molecule has 2 atom stereocenters. The number of aryl methyl sites for hydroxylation is 2. The number of nitrogens with zero attached hydrogens (tertiary/aromatic N) is 2. The van der Waals surface area contributed by atoms with Gasteiger partial charge in [-0.05, 0) is 19.4 Å². The summed E-state index contributed by atoms with van der Waals surface area (Å²) < 4.78 is 1.70. The van der Waals surface area contributed by atoms with Crippen LogP contribution in [0.2, 0.25) is 0 Å². The predicted octanol–water partition coefficient (Wildman–Crippen LogP) is 0.584. The molecule has 1 amide bonds. The molecule has 0 bridgehead atoms. The van der Waals surface area contributed by atoms with E-state index in [1.165, 1.54) is 0 Å². The van der Waals surface area contributed by atoms with E-state index in [4.69, 9.17) is 5.73 Å². The van der Waals surface area contributed by atoms with E-state index in [0.717, 1.165) is 12.1 Å². The number of nitrogens with two attached hydrogens (primary N) is 1. The molecule has 1 aliphatic rings. The molecule has 2 unspecified atom stereocenters. The zero-order chi connectivity index (χ0) is 12.8. The molecule has 5 heteroatoms. The molecule has 0 spiro atoms. The number of aromatic nitrogens is 2. The molecule has 1 aliphatic carbocycles. The minimum Gasteiger partial charge on any atom is -0.347 e. The van der Waals surface area contributed by atoms with Gasteiger partial charge < -0.3 is 11.1 Å². The van der Waals surface area contributed by atoms with Crippen LogP contribution >= 0.6 is 0 Å². The third-order valence-electron chi connectivity index (χ3n) is 4.00. The molecule has 5 nitrogen and oxygen atoms in total. The van der Waals surface area contributed by atoms with E-state index < -0.39 is 0 Å². The normalized spacial score (nSPS) is 26.4. The Bertz CT molecular complexity index is 430. The Morgan fingerprint density at radius 2 is 2.29 bits per heavy atom. The average molecular weight is 236 g/mol. The second-order valence-electron chi connectivity index (χ2n) is 5.48. The summed E-state index contributed by atoms with van der Waals surface area (Å²) in [5, 5.41) is 7.16. The zero-order valence-electron chi connectivity index (χ0n) is 10.8. The van der Waals surface area contributed by atoms with Gasteiger partial charge in [0.05, 0.1) is 0 Å². The molecule has 17 heavy (non-hydrogen) atoms. The summed E-state index contributed by atoms with van der Waals surface area (Å²) in [7, 11) is 1.83. The van der Waals surface area contributed by atoms with E-state index in [0.29, 0.717) is 5.69 Å². The van der Waals surface area contributed by atoms with Gasteiger partial charge in [0.15, 0.2) is 0 Å². The topological polar surface area (TPSA) is 72.9 Å². The van der Waals surface area contributed by atoms with Crippen molar-refractivity contribution in [2.45, 2.75) is 39.3 Å². The lowest BCUT2D eigenvalue weighted by Crippen LogP contribution is -2.64. The lowest BCUT2D eigenvalue weighted by molar-refractivity contribution is 0.0583. The fourth-order valence-electron chi connectivity index (χ4n) is 2.11. The van der Waals surface area contributed by atoms with E-state index in [1.54, 1.807) is 10.7 Å². The molecule has 1 aromatic heterocycles. The van der Waals surface area contributed by atoms with Crippen LogP contribution in [0.15, 0.2) is 6.07 Å². The highest BCUT2D eigenvalue weighted by Crippen LogP contribution is 2.39. The number of hydrogen-bond donors (Lipinski definition) is 2. The highest BCUT2D eigenvalue weighted by Gasteiger charge is 2.46. The van der Waals surface area contributed by atoms with Gasteiger partial charge in [-0.3, -0.25) is 9.48 Å². The predicted molar refractivity (Wildman–Crippen MR) is 65.6 cm³/mol. The van der Waals surface area contributed by atoms with Crippen molar-refractivity contribution in [3.05, 3.63) is 17.5 Å². The van der Waals surface area contributed by atoms with Crippen LogP contribution in [0.3, 0.4) is 0 Å². The average Bonchev–Trinajstić information content (AvgIpc) is 2.59. The summed E-state index contributed by atoms with van der Waals surface area (Å²) in [6, 6.07) is 2.10. The second-order valence-corrected chi connectivity index (χ2v) is 5.48. The molecule has 0 aromatic carbocycles. The molecule has 1 aromatic rings. The number of rotatable bonds is 2. The molecule has 0 aliphatic heterocycles. The van der Waals surface area contributed by atoms with Crippen molar-refractivity contribution < 1.29 is 4.79 Å². The first-order chi connectivity index (χ1) is 7.82. The summed E-state index contributed by atoms with van der Waals surface area (Å²) in [5.41, 5.74) is 7.34. The Morgan fingerprint density at radius 3 is 2.71 bits per heavy atom. The minimum absolute atomic E-state index is 0.0283.